The Bertz CT molecular complexity index is 379. The first-order valence-corrected chi connectivity index (χ1v) is 5.41. The molecule has 1 rings (SSSR count). The number of carboxylic acids is 1. The van der Waals surface area contributed by atoms with E-state index in [1.807, 2.05) is 12.1 Å². The van der Waals surface area contributed by atoms with Crippen LogP contribution in [0, 0.1) is 0 Å². The Labute approximate surface area is 95.4 Å². The van der Waals surface area contributed by atoms with Crippen molar-refractivity contribution >= 4 is 27.8 Å². The number of carboxylic acid groups (broad SMARTS) is 1. The number of hydrogen-bond donors (Lipinski definition) is 2. The summed E-state index contributed by atoms with van der Waals surface area (Å²) >= 11 is 3.26. The number of aliphatic carboxylic acids is 1. The van der Waals surface area contributed by atoms with Gasteiger partial charge in [-0.15, -0.1) is 0 Å². The molecule has 2 N–H and O–H groups in total. The largest absolute Gasteiger partial charge is 0.480 e. The summed E-state index contributed by atoms with van der Waals surface area (Å²) in [5, 5.41) is 11.3. The van der Waals surface area contributed by atoms with E-state index in [9.17, 15) is 9.59 Å². The van der Waals surface area contributed by atoms with Crippen LogP contribution in [0.5, 0.6) is 0 Å². The Morgan fingerprint density at radius 3 is 2.60 bits per heavy atom. The lowest BCUT2D eigenvalue weighted by atomic mass is 10.1. The van der Waals surface area contributed by atoms with Crippen LogP contribution in [0.4, 0.5) is 0 Å². The fourth-order valence-electron chi connectivity index (χ4n) is 1.11. The number of amides is 1. The minimum Gasteiger partial charge on any atom is -0.480 e. The Balaban J connectivity index is 2.77. The van der Waals surface area contributed by atoms with Crippen molar-refractivity contribution in [2.45, 2.75) is 5.33 Å². The Kier molecular flexibility index (Phi) is 4.30. The molecule has 1 amide bonds. The fourth-order valence-corrected chi connectivity index (χ4v) is 1.60. The third kappa shape index (κ3) is 3.36. The molecule has 0 bridgehead atoms. The van der Waals surface area contributed by atoms with E-state index in [1.54, 1.807) is 12.1 Å². The number of carbonyl (C=O) groups excluding carboxylic acids is 1. The van der Waals surface area contributed by atoms with Crippen LogP contribution >= 0.6 is 15.9 Å². The van der Waals surface area contributed by atoms with Gasteiger partial charge in [0.2, 0.25) is 0 Å². The number of carbonyl (C=O) groups is 2. The van der Waals surface area contributed by atoms with Crippen molar-refractivity contribution in [3.8, 4) is 0 Å². The summed E-state index contributed by atoms with van der Waals surface area (Å²) in [6.45, 7) is -0.366. The molecule has 0 fully saturated rings. The molecular formula is C10H10BrNO3. The van der Waals surface area contributed by atoms with Gasteiger partial charge in [-0.3, -0.25) is 9.59 Å². The molecule has 0 unspecified atom stereocenters. The Morgan fingerprint density at radius 2 is 2.00 bits per heavy atom. The topological polar surface area (TPSA) is 66.4 Å². The lowest BCUT2D eigenvalue weighted by Gasteiger charge is -2.06. The second kappa shape index (κ2) is 5.50. The lowest BCUT2D eigenvalue weighted by molar-refractivity contribution is -0.135. The van der Waals surface area contributed by atoms with Crippen LogP contribution in [0.1, 0.15) is 15.9 Å². The fraction of sp³-hybridized carbons (Fsp3) is 0.200. The molecule has 0 atom stereocenters. The number of hydrogen-bond acceptors (Lipinski definition) is 2. The first kappa shape index (κ1) is 11.7. The third-order valence-electron chi connectivity index (χ3n) is 1.81. The molecule has 1 aromatic rings. The highest BCUT2D eigenvalue weighted by Gasteiger charge is 2.10. The van der Waals surface area contributed by atoms with E-state index in [2.05, 4.69) is 21.2 Å². The second-order valence-corrected chi connectivity index (χ2v) is 3.43. The predicted molar refractivity (Wildman–Crippen MR) is 59.0 cm³/mol. The first-order chi connectivity index (χ1) is 7.15. The summed E-state index contributed by atoms with van der Waals surface area (Å²) in [7, 11) is 0. The molecule has 80 valence electrons. The Hall–Kier alpha value is -1.36. The normalized spacial score (nSPS) is 9.67. The molecule has 0 radical (unpaired) electrons. The van der Waals surface area contributed by atoms with Crippen LogP contribution in [0.3, 0.4) is 0 Å². The monoisotopic (exact) mass is 271 g/mol. The average molecular weight is 272 g/mol. The van der Waals surface area contributed by atoms with E-state index >= 15 is 0 Å². The van der Waals surface area contributed by atoms with Crippen molar-refractivity contribution in [1.29, 1.82) is 0 Å². The zero-order valence-electron chi connectivity index (χ0n) is 7.87. The molecule has 0 aliphatic heterocycles. The van der Waals surface area contributed by atoms with Gasteiger partial charge in [-0.2, -0.15) is 0 Å². The van der Waals surface area contributed by atoms with Crippen LogP contribution in [0.15, 0.2) is 24.3 Å². The van der Waals surface area contributed by atoms with Crippen LogP contribution in [-0.2, 0) is 10.1 Å². The van der Waals surface area contributed by atoms with Crippen LogP contribution in [0.2, 0.25) is 0 Å². The maximum absolute atomic E-state index is 11.5. The number of halogens is 1. The van der Waals surface area contributed by atoms with Gasteiger partial charge in [0.25, 0.3) is 5.91 Å². The van der Waals surface area contributed by atoms with Crippen LogP contribution in [0.25, 0.3) is 0 Å². The van der Waals surface area contributed by atoms with Crippen LogP contribution in [-0.4, -0.2) is 23.5 Å². The molecule has 1 aromatic carbocycles. The van der Waals surface area contributed by atoms with Crippen molar-refractivity contribution in [3.05, 3.63) is 35.4 Å². The zero-order chi connectivity index (χ0) is 11.3. The maximum atomic E-state index is 11.5. The van der Waals surface area contributed by atoms with Gasteiger partial charge < -0.3 is 10.4 Å². The summed E-state index contributed by atoms with van der Waals surface area (Å²) in [5.74, 6) is -1.42. The highest BCUT2D eigenvalue weighted by Crippen LogP contribution is 2.11. The van der Waals surface area contributed by atoms with E-state index < -0.39 is 5.97 Å². The summed E-state index contributed by atoms with van der Waals surface area (Å²) in [4.78, 5) is 21.8. The van der Waals surface area contributed by atoms with Gasteiger partial charge >= 0.3 is 5.97 Å². The van der Waals surface area contributed by atoms with Gasteiger partial charge in [-0.05, 0) is 11.6 Å². The van der Waals surface area contributed by atoms with Crippen molar-refractivity contribution in [3.63, 3.8) is 0 Å². The SMILES string of the molecule is O=C(O)CNC(=O)c1ccccc1CBr. The van der Waals surface area contributed by atoms with E-state index in [-0.39, 0.29) is 12.5 Å². The number of nitrogens with one attached hydrogen (secondary N) is 1. The van der Waals surface area contributed by atoms with Crippen molar-refractivity contribution in [2.75, 3.05) is 6.54 Å². The van der Waals surface area contributed by atoms with E-state index in [0.717, 1.165) is 5.56 Å². The zero-order valence-corrected chi connectivity index (χ0v) is 9.45. The smallest absolute Gasteiger partial charge is 0.322 e. The molecule has 0 aliphatic rings. The standard InChI is InChI=1S/C10H10BrNO3/c11-5-7-3-1-2-4-8(7)10(15)12-6-9(13)14/h1-4H,5-6H2,(H,12,15)(H,13,14). The van der Waals surface area contributed by atoms with Gasteiger partial charge in [-0.25, -0.2) is 0 Å². The van der Waals surface area contributed by atoms with Crippen molar-refractivity contribution in [1.82, 2.24) is 5.32 Å². The first-order valence-electron chi connectivity index (χ1n) is 4.29. The minimum atomic E-state index is -1.06. The number of alkyl halides is 1. The summed E-state index contributed by atoms with van der Waals surface area (Å²) in [5.41, 5.74) is 1.33. The van der Waals surface area contributed by atoms with Crippen molar-refractivity contribution < 1.29 is 14.7 Å². The highest BCUT2D eigenvalue weighted by atomic mass is 79.9. The molecular weight excluding hydrogens is 262 g/mol. The molecule has 5 heteroatoms. The molecule has 4 nitrogen and oxygen atoms in total. The van der Waals surface area contributed by atoms with Crippen molar-refractivity contribution in [2.24, 2.45) is 0 Å². The van der Waals surface area contributed by atoms with Gasteiger partial charge in [0.05, 0.1) is 0 Å². The number of rotatable bonds is 4. The molecule has 0 heterocycles. The molecule has 0 aromatic heterocycles. The minimum absolute atomic E-state index is 0.366. The second-order valence-electron chi connectivity index (χ2n) is 2.87. The molecule has 0 spiro atoms. The van der Waals surface area contributed by atoms with E-state index in [4.69, 9.17) is 5.11 Å². The summed E-state index contributed by atoms with van der Waals surface area (Å²) < 4.78 is 0. The molecule has 15 heavy (non-hydrogen) atoms. The maximum Gasteiger partial charge on any atom is 0.322 e. The number of benzene rings is 1. The average Bonchev–Trinajstić information content (AvgIpc) is 2.25. The Morgan fingerprint density at radius 1 is 1.33 bits per heavy atom. The molecule has 0 saturated carbocycles. The third-order valence-corrected chi connectivity index (χ3v) is 2.41. The van der Waals surface area contributed by atoms with Gasteiger partial charge in [0.1, 0.15) is 6.54 Å². The lowest BCUT2D eigenvalue weighted by Crippen LogP contribution is -2.29. The molecule has 0 aliphatic carbocycles. The highest BCUT2D eigenvalue weighted by molar-refractivity contribution is 9.08. The summed E-state index contributed by atoms with van der Waals surface area (Å²) in [6, 6.07) is 7.03. The quantitative estimate of drug-likeness (QED) is 0.814. The van der Waals surface area contributed by atoms with Gasteiger partial charge in [-0.1, -0.05) is 34.1 Å². The molecule has 0 saturated heterocycles. The van der Waals surface area contributed by atoms with E-state index in [1.165, 1.54) is 0 Å². The van der Waals surface area contributed by atoms with Crippen LogP contribution < -0.4 is 5.32 Å². The van der Waals surface area contributed by atoms with Gasteiger partial charge in [0.15, 0.2) is 0 Å². The van der Waals surface area contributed by atoms with Gasteiger partial charge in [0, 0.05) is 10.9 Å². The summed E-state index contributed by atoms with van der Waals surface area (Å²) in [6.07, 6.45) is 0. The predicted octanol–water partition coefficient (Wildman–Crippen LogP) is 1.40. The van der Waals surface area contributed by atoms with E-state index in [0.29, 0.717) is 10.9 Å².